The SMILES string of the molecule is CC(C)CCCCC(CCC(C)CCCC(C)C)N(CCN1C=CN(C)C=I1)Cc1ccccc1. The summed E-state index contributed by atoms with van der Waals surface area (Å²) >= 11 is -0.0365. The Morgan fingerprint density at radius 3 is 2.11 bits per heavy atom. The monoisotopic (exact) mass is 595 g/mol. The summed E-state index contributed by atoms with van der Waals surface area (Å²) in [4.78, 5) is 5.05. The fourth-order valence-electron chi connectivity index (χ4n) is 4.86. The third-order valence-electron chi connectivity index (χ3n) is 7.17. The largest absolute Gasteiger partial charge is 0.350 e. The molecule has 1 aliphatic rings. The first-order valence-corrected chi connectivity index (χ1v) is 16.5. The second-order valence-electron chi connectivity index (χ2n) is 11.6. The lowest BCUT2D eigenvalue weighted by molar-refractivity contribution is 0.154. The fraction of sp³-hybridized carbons (Fsp3) is 0.710. The molecule has 0 amide bonds. The van der Waals surface area contributed by atoms with Crippen molar-refractivity contribution in [2.24, 2.45) is 17.8 Å². The standard InChI is InChI=1S/C31H54IN3/c1-27(2)13-10-11-18-31(20-19-29(5)15-12-14-28(3)4)34(25-30-16-8-7-9-17-30)22-24-35-23-21-33(6)26-32-35/h7-9,16-17,21,23,26-29,31H,10-15,18-20,22,24-25H2,1-6H3. The maximum atomic E-state index is 2.83. The zero-order valence-corrected chi connectivity index (χ0v) is 25.8. The second-order valence-corrected chi connectivity index (χ2v) is 13.9. The van der Waals surface area contributed by atoms with Crippen LogP contribution in [0.25, 0.3) is 0 Å². The molecular formula is C31H54IN3. The highest BCUT2D eigenvalue weighted by molar-refractivity contribution is 14.2. The van der Waals surface area contributed by atoms with E-state index in [1.54, 1.807) is 0 Å². The molecule has 0 saturated heterocycles. The molecule has 0 fully saturated rings. The topological polar surface area (TPSA) is 9.72 Å². The summed E-state index contributed by atoms with van der Waals surface area (Å²) < 4.78 is 4.95. The van der Waals surface area contributed by atoms with Gasteiger partial charge in [-0.25, -0.2) is 0 Å². The summed E-state index contributed by atoms with van der Waals surface area (Å²) in [5.74, 6) is 2.49. The normalized spacial score (nSPS) is 15.8. The van der Waals surface area contributed by atoms with Crippen LogP contribution in [0.4, 0.5) is 0 Å². The van der Waals surface area contributed by atoms with E-state index in [1.165, 1.54) is 63.4 Å². The molecule has 2 unspecified atom stereocenters. The minimum atomic E-state index is -0.0365. The number of hydrogen-bond acceptors (Lipinski definition) is 3. The van der Waals surface area contributed by atoms with E-state index in [0.29, 0.717) is 6.04 Å². The summed E-state index contributed by atoms with van der Waals surface area (Å²) in [6, 6.07) is 11.9. The van der Waals surface area contributed by atoms with Gasteiger partial charge in [-0.3, -0.25) is 4.90 Å². The van der Waals surface area contributed by atoms with E-state index in [-0.39, 0.29) is 21.0 Å². The Morgan fingerprint density at radius 1 is 0.771 bits per heavy atom. The van der Waals surface area contributed by atoms with E-state index in [0.717, 1.165) is 37.4 Å². The van der Waals surface area contributed by atoms with Crippen molar-refractivity contribution in [3.05, 3.63) is 48.3 Å². The average molecular weight is 596 g/mol. The van der Waals surface area contributed by atoms with Gasteiger partial charge < -0.3 is 8.01 Å². The molecule has 0 spiro atoms. The van der Waals surface area contributed by atoms with Gasteiger partial charge in [-0.15, -0.1) is 0 Å². The molecule has 0 saturated carbocycles. The summed E-state index contributed by atoms with van der Waals surface area (Å²) in [6.07, 6.45) is 16.8. The van der Waals surface area contributed by atoms with Crippen molar-refractivity contribution in [2.45, 2.75) is 105 Å². The molecule has 0 bridgehead atoms. The number of unbranched alkanes of at least 4 members (excludes halogenated alkanes) is 1. The molecule has 0 radical (unpaired) electrons. The lowest BCUT2D eigenvalue weighted by atomic mass is 9.92. The smallest absolute Gasteiger partial charge is 0.0533 e. The van der Waals surface area contributed by atoms with Crippen LogP contribution in [0, 0.1) is 17.8 Å². The first-order chi connectivity index (χ1) is 16.8. The third kappa shape index (κ3) is 13.9. The van der Waals surface area contributed by atoms with Crippen LogP contribution in [-0.2, 0) is 6.54 Å². The minimum absolute atomic E-state index is 0.0365. The molecule has 200 valence electrons. The van der Waals surface area contributed by atoms with Gasteiger partial charge in [0.25, 0.3) is 0 Å². The van der Waals surface area contributed by atoms with Gasteiger partial charge >= 0.3 is 0 Å². The van der Waals surface area contributed by atoms with Gasteiger partial charge in [-0.2, -0.15) is 0 Å². The van der Waals surface area contributed by atoms with Crippen LogP contribution < -0.4 is 0 Å². The van der Waals surface area contributed by atoms with Crippen LogP contribution in [0.2, 0.25) is 0 Å². The van der Waals surface area contributed by atoms with Crippen molar-refractivity contribution in [1.29, 1.82) is 0 Å². The maximum absolute atomic E-state index is 2.83. The third-order valence-corrected chi connectivity index (χ3v) is 9.82. The Kier molecular flexibility index (Phi) is 15.2. The summed E-state index contributed by atoms with van der Waals surface area (Å²) in [5.41, 5.74) is 1.46. The molecule has 1 heterocycles. The van der Waals surface area contributed by atoms with Gasteiger partial charge in [0.1, 0.15) is 0 Å². The molecule has 0 aromatic heterocycles. The predicted molar refractivity (Wildman–Crippen MR) is 165 cm³/mol. The van der Waals surface area contributed by atoms with Crippen LogP contribution in [0.1, 0.15) is 98.0 Å². The molecule has 2 atom stereocenters. The number of rotatable bonds is 18. The van der Waals surface area contributed by atoms with Gasteiger partial charge in [-0.05, 0) is 42.6 Å². The van der Waals surface area contributed by atoms with E-state index in [9.17, 15) is 0 Å². The Balaban J connectivity index is 2.04. The molecule has 3 nitrogen and oxygen atoms in total. The maximum Gasteiger partial charge on any atom is 0.0533 e. The quantitative estimate of drug-likeness (QED) is 0.0955. The van der Waals surface area contributed by atoms with Crippen molar-refractivity contribution < 1.29 is 0 Å². The number of hydrogen-bond donors (Lipinski definition) is 0. The van der Waals surface area contributed by atoms with E-state index < -0.39 is 0 Å². The van der Waals surface area contributed by atoms with Crippen LogP contribution in [0.5, 0.6) is 0 Å². The minimum Gasteiger partial charge on any atom is -0.350 e. The number of benzene rings is 1. The first kappa shape index (κ1) is 30.3. The molecular weight excluding hydrogens is 541 g/mol. The Bertz CT molecular complexity index is 701. The van der Waals surface area contributed by atoms with Crippen LogP contribution >= 0.6 is 21.0 Å². The summed E-state index contributed by atoms with van der Waals surface area (Å²) in [6.45, 7) is 15.3. The molecule has 1 aliphatic heterocycles. The van der Waals surface area contributed by atoms with E-state index >= 15 is 0 Å². The van der Waals surface area contributed by atoms with Crippen molar-refractivity contribution in [3.8, 4) is 0 Å². The highest BCUT2D eigenvalue weighted by atomic mass is 127. The number of nitrogens with zero attached hydrogens (tertiary/aromatic N) is 3. The summed E-state index contributed by atoms with van der Waals surface area (Å²) in [5, 5.41) is 0. The fourth-order valence-corrected chi connectivity index (χ4v) is 6.58. The van der Waals surface area contributed by atoms with Gasteiger partial charge in [0, 0.05) is 66.1 Å². The second kappa shape index (κ2) is 17.6. The summed E-state index contributed by atoms with van der Waals surface area (Å²) in [7, 11) is 2.14. The van der Waals surface area contributed by atoms with Gasteiger partial charge in [0.15, 0.2) is 0 Å². The lowest BCUT2D eigenvalue weighted by Gasteiger charge is -2.34. The zero-order valence-electron chi connectivity index (χ0n) is 23.6. The van der Waals surface area contributed by atoms with Crippen molar-refractivity contribution in [3.63, 3.8) is 0 Å². The average Bonchev–Trinajstić information content (AvgIpc) is 2.82. The van der Waals surface area contributed by atoms with E-state index in [2.05, 4.69) is 101 Å². The predicted octanol–water partition coefficient (Wildman–Crippen LogP) is 8.68. The Labute approximate surface area is 228 Å². The molecule has 0 aliphatic carbocycles. The number of halogens is 1. The molecule has 0 N–H and O–H groups in total. The first-order valence-electron chi connectivity index (χ1n) is 14.2. The van der Waals surface area contributed by atoms with Crippen LogP contribution in [0.3, 0.4) is 0 Å². The van der Waals surface area contributed by atoms with Gasteiger partial charge in [0.05, 0.1) is 4.14 Å². The van der Waals surface area contributed by atoms with Crippen LogP contribution in [-0.4, -0.2) is 43.2 Å². The highest BCUT2D eigenvalue weighted by Crippen LogP contribution is 2.24. The van der Waals surface area contributed by atoms with Crippen molar-refractivity contribution in [1.82, 2.24) is 12.9 Å². The zero-order chi connectivity index (χ0) is 25.5. The molecule has 4 heteroatoms. The molecule has 1 aromatic carbocycles. The lowest BCUT2D eigenvalue weighted by Crippen LogP contribution is -2.39. The van der Waals surface area contributed by atoms with Crippen LogP contribution in [0.15, 0.2) is 42.7 Å². The Hall–Kier alpha value is -0.880. The highest BCUT2D eigenvalue weighted by Gasteiger charge is 2.20. The Morgan fingerprint density at radius 2 is 1.46 bits per heavy atom. The van der Waals surface area contributed by atoms with Gasteiger partial charge in [0.2, 0.25) is 0 Å². The molecule has 35 heavy (non-hydrogen) atoms. The van der Waals surface area contributed by atoms with E-state index in [1.807, 2.05) is 0 Å². The van der Waals surface area contributed by atoms with Gasteiger partial charge in [-0.1, -0.05) is 103 Å². The van der Waals surface area contributed by atoms with Crippen molar-refractivity contribution in [2.75, 3.05) is 20.1 Å². The molecule has 2 rings (SSSR count). The van der Waals surface area contributed by atoms with Crippen molar-refractivity contribution >= 4 is 25.1 Å². The molecule has 1 aromatic rings. The van der Waals surface area contributed by atoms with E-state index in [4.69, 9.17) is 0 Å².